The lowest BCUT2D eigenvalue weighted by molar-refractivity contribution is 0.241. The van der Waals surface area contributed by atoms with Crippen molar-refractivity contribution >= 4 is 0 Å². The Kier molecular flexibility index (Phi) is 2.80. The van der Waals surface area contributed by atoms with Crippen LogP contribution < -0.4 is 9.47 Å². The highest BCUT2D eigenvalue weighted by Gasteiger charge is 2.49. The number of hydrogen-bond acceptors (Lipinski definition) is 3. The zero-order valence-electron chi connectivity index (χ0n) is 10.2. The molecule has 0 N–H and O–H groups in total. The molecule has 1 unspecified atom stereocenters. The Bertz CT molecular complexity index is 381. The summed E-state index contributed by atoms with van der Waals surface area (Å²) in [6.07, 6.45) is 0. The van der Waals surface area contributed by atoms with Gasteiger partial charge in [0.05, 0.1) is 20.8 Å². The fraction of sp³-hybridized carbons (Fsp3) is 0.538. The molecule has 1 aliphatic heterocycles. The van der Waals surface area contributed by atoms with Crippen molar-refractivity contribution < 1.29 is 14.2 Å². The van der Waals surface area contributed by atoms with E-state index in [1.54, 1.807) is 14.2 Å². The minimum absolute atomic E-state index is 0.112. The van der Waals surface area contributed by atoms with Crippen molar-refractivity contribution in [3.8, 4) is 11.5 Å². The summed E-state index contributed by atoms with van der Waals surface area (Å²) >= 11 is 0. The Hall–Kier alpha value is -1.22. The third-order valence-corrected chi connectivity index (χ3v) is 3.26. The number of benzene rings is 1. The van der Waals surface area contributed by atoms with E-state index in [0.29, 0.717) is 5.92 Å². The smallest absolute Gasteiger partial charge is 0.161 e. The highest BCUT2D eigenvalue weighted by molar-refractivity contribution is 5.45. The van der Waals surface area contributed by atoms with Crippen molar-refractivity contribution in [3.05, 3.63) is 23.8 Å². The van der Waals surface area contributed by atoms with E-state index in [4.69, 9.17) is 14.2 Å². The van der Waals surface area contributed by atoms with Crippen LogP contribution in [0.4, 0.5) is 0 Å². The van der Waals surface area contributed by atoms with E-state index in [0.717, 1.165) is 18.1 Å². The minimum Gasteiger partial charge on any atom is -0.493 e. The maximum absolute atomic E-state index is 5.62. The summed E-state index contributed by atoms with van der Waals surface area (Å²) in [5.41, 5.74) is 1.06. The van der Waals surface area contributed by atoms with Gasteiger partial charge in [-0.3, -0.25) is 0 Å². The van der Waals surface area contributed by atoms with Gasteiger partial charge in [0.1, 0.15) is 5.60 Å². The van der Waals surface area contributed by atoms with E-state index >= 15 is 0 Å². The standard InChI is InChI=1S/C13H18O3/c1-9(2)13(8-16-13)10-5-6-11(14-3)12(7-10)15-4/h5-7,9H,8H2,1-4H3. The van der Waals surface area contributed by atoms with E-state index in [-0.39, 0.29) is 5.60 Å². The van der Waals surface area contributed by atoms with Gasteiger partial charge in [0.15, 0.2) is 11.5 Å². The number of epoxide rings is 1. The molecule has 0 amide bonds. The number of ether oxygens (including phenoxy) is 3. The van der Waals surface area contributed by atoms with Crippen LogP contribution in [-0.4, -0.2) is 20.8 Å². The molecular weight excluding hydrogens is 204 g/mol. The van der Waals surface area contributed by atoms with Crippen molar-refractivity contribution in [2.45, 2.75) is 19.4 Å². The first kappa shape index (κ1) is 11.3. The Labute approximate surface area is 96.3 Å². The number of hydrogen-bond donors (Lipinski definition) is 0. The lowest BCUT2D eigenvalue weighted by Crippen LogP contribution is -2.16. The molecular formula is C13H18O3. The van der Waals surface area contributed by atoms with Gasteiger partial charge in [0, 0.05) is 0 Å². The maximum atomic E-state index is 5.62. The third-order valence-electron chi connectivity index (χ3n) is 3.26. The van der Waals surface area contributed by atoms with Crippen molar-refractivity contribution in [1.82, 2.24) is 0 Å². The molecule has 1 aromatic rings. The average molecular weight is 222 g/mol. The van der Waals surface area contributed by atoms with Crippen LogP contribution in [0.25, 0.3) is 0 Å². The maximum Gasteiger partial charge on any atom is 0.161 e. The normalized spacial score (nSPS) is 23.3. The number of methoxy groups -OCH3 is 2. The van der Waals surface area contributed by atoms with Crippen LogP contribution >= 0.6 is 0 Å². The Morgan fingerprint density at radius 2 is 1.81 bits per heavy atom. The first-order valence-electron chi connectivity index (χ1n) is 5.50. The van der Waals surface area contributed by atoms with Crippen LogP contribution in [0.2, 0.25) is 0 Å². The fourth-order valence-corrected chi connectivity index (χ4v) is 2.01. The Balaban J connectivity index is 2.37. The molecule has 1 heterocycles. The van der Waals surface area contributed by atoms with Crippen LogP contribution in [0.1, 0.15) is 19.4 Å². The summed E-state index contributed by atoms with van der Waals surface area (Å²) in [6, 6.07) is 5.99. The van der Waals surface area contributed by atoms with Crippen molar-refractivity contribution in [1.29, 1.82) is 0 Å². The summed E-state index contributed by atoms with van der Waals surface area (Å²) in [5.74, 6) is 1.98. The van der Waals surface area contributed by atoms with Gasteiger partial charge in [-0.1, -0.05) is 19.9 Å². The van der Waals surface area contributed by atoms with Crippen molar-refractivity contribution in [2.24, 2.45) is 5.92 Å². The van der Waals surface area contributed by atoms with Gasteiger partial charge < -0.3 is 14.2 Å². The molecule has 1 aliphatic rings. The molecule has 2 rings (SSSR count). The lowest BCUT2D eigenvalue weighted by atomic mass is 9.89. The van der Waals surface area contributed by atoms with Crippen LogP contribution in [-0.2, 0) is 10.3 Å². The fourth-order valence-electron chi connectivity index (χ4n) is 2.01. The molecule has 3 nitrogen and oxygen atoms in total. The van der Waals surface area contributed by atoms with Crippen LogP contribution in [0.3, 0.4) is 0 Å². The third kappa shape index (κ3) is 1.65. The zero-order chi connectivity index (χ0) is 11.8. The number of rotatable bonds is 4. The quantitative estimate of drug-likeness (QED) is 0.734. The second-order valence-corrected chi connectivity index (χ2v) is 4.40. The zero-order valence-corrected chi connectivity index (χ0v) is 10.2. The van der Waals surface area contributed by atoms with Gasteiger partial charge in [0.25, 0.3) is 0 Å². The molecule has 1 aromatic carbocycles. The van der Waals surface area contributed by atoms with Crippen LogP contribution in [0.5, 0.6) is 11.5 Å². The summed E-state index contributed by atoms with van der Waals surface area (Å²) in [6.45, 7) is 5.13. The first-order chi connectivity index (χ1) is 7.64. The summed E-state index contributed by atoms with van der Waals surface area (Å²) in [5, 5.41) is 0. The van der Waals surface area contributed by atoms with Gasteiger partial charge >= 0.3 is 0 Å². The largest absolute Gasteiger partial charge is 0.493 e. The van der Waals surface area contributed by atoms with E-state index in [1.807, 2.05) is 18.2 Å². The van der Waals surface area contributed by atoms with Gasteiger partial charge in [-0.25, -0.2) is 0 Å². The second-order valence-electron chi connectivity index (χ2n) is 4.40. The van der Waals surface area contributed by atoms with E-state index in [2.05, 4.69) is 13.8 Å². The van der Waals surface area contributed by atoms with Gasteiger partial charge in [-0.15, -0.1) is 0 Å². The Morgan fingerprint density at radius 3 is 2.25 bits per heavy atom. The average Bonchev–Trinajstić information content (AvgIpc) is 3.09. The molecule has 3 heteroatoms. The molecule has 1 fully saturated rings. The molecule has 0 aliphatic carbocycles. The van der Waals surface area contributed by atoms with Gasteiger partial charge in [0.2, 0.25) is 0 Å². The summed E-state index contributed by atoms with van der Waals surface area (Å²) < 4.78 is 16.1. The van der Waals surface area contributed by atoms with Crippen molar-refractivity contribution in [2.75, 3.05) is 20.8 Å². The second kappa shape index (κ2) is 3.98. The molecule has 0 aromatic heterocycles. The van der Waals surface area contributed by atoms with E-state index in [1.165, 1.54) is 5.56 Å². The molecule has 0 radical (unpaired) electrons. The SMILES string of the molecule is COc1ccc(C2(C(C)C)CO2)cc1OC. The molecule has 1 saturated heterocycles. The molecule has 88 valence electrons. The Morgan fingerprint density at radius 1 is 1.19 bits per heavy atom. The summed E-state index contributed by atoms with van der Waals surface area (Å²) in [4.78, 5) is 0. The summed E-state index contributed by atoms with van der Waals surface area (Å²) in [7, 11) is 3.29. The van der Waals surface area contributed by atoms with E-state index < -0.39 is 0 Å². The van der Waals surface area contributed by atoms with Crippen molar-refractivity contribution in [3.63, 3.8) is 0 Å². The highest BCUT2D eigenvalue weighted by atomic mass is 16.6. The van der Waals surface area contributed by atoms with Crippen LogP contribution in [0, 0.1) is 5.92 Å². The molecule has 0 spiro atoms. The lowest BCUT2D eigenvalue weighted by Gasteiger charge is -2.18. The highest BCUT2D eigenvalue weighted by Crippen LogP contribution is 2.47. The first-order valence-corrected chi connectivity index (χ1v) is 5.50. The molecule has 16 heavy (non-hydrogen) atoms. The van der Waals surface area contributed by atoms with Gasteiger partial charge in [-0.2, -0.15) is 0 Å². The predicted octanol–water partition coefficient (Wildman–Crippen LogP) is 2.59. The topological polar surface area (TPSA) is 31.0 Å². The van der Waals surface area contributed by atoms with E-state index in [9.17, 15) is 0 Å². The predicted molar refractivity (Wildman–Crippen MR) is 62.0 cm³/mol. The monoisotopic (exact) mass is 222 g/mol. The van der Waals surface area contributed by atoms with Crippen LogP contribution in [0.15, 0.2) is 18.2 Å². The van der Waals surface area contributed by atoms with Gasteiger partial charge in [-0.05, 0) is 23.6 Å². The minimum atomic E-state index is -0.112. The molecule has 1 atom stereocenters. The molecule has 0 bridgehead atoms. The molecule has 0 saturated carbocycles.